The molecule has 7 heteroatoms. The van der Waals surface area contributed by atoms with Crippen molar-refractivity contribution < 1.29 is 4.79 Å². The Morgan fingerprint density at radius 3 is 2.81 bits per heavy atom. The standard InChI is InChI=1S/C14H17N5OS/c1-2-8-19-13(9-16-11-6-4-3-5-7-11)17-18-14(19)21-10-12(15)20/h2-7,16H,1,8-10H2,(H2,15,20). The highest BCUT2D eigenvalue weighted by molar-refractivity contribution is 7.99. The quantitative estimate of drug-likeness (QED) is 0.572. The number of benzene rings is 1. The van der Waals surface area contributed by atoms with Crippen molar-refractivity contribution in [1.82, 2.24) is 14.8 Å². The van der Waals surface area contributed by atoms with Crippen LogP contribution in [-0.4, -0.2) is 26.4 Å². The molecule has 2 aromatic rings. The van der Waals surface area contributed by atoms with Gasteiger partial charge in [-0.05, 0) is 12.1 Å². The Labute approximate surface area is 127 Å². The van der Waals surface area contributed by atoms with Gasteiger partial charge in [0.1, 0.15) is 0 Å². The lowest BCUT2D eigenvalue weighted by Crippen LogP contribution is -2.14. The first-order valence-corrected chi connectivity index (χ1v) is 7.42. The highest BCUT2D eigenvalue weighted by atomic mass is 32.2. The molecule has 1 amide bonds. The van der Waals surface area contributed by atoms with Crippen LogP contribution in [0.1, 0.15) is 5.82 Å². The predicted molar refractivity (Wildman–Crippen MR) is 83.9 cm³/mol. The molecule has 3 N–H and O–H groups in total. The molecule has 0 spiro atoms. The zero-order valence-electron chi connectivity index (χ0n) is 11.5. The number of para-hydroxylation sites is 1. The van der Waals surface area contributed by atoms with E-state index in [1.807, 2.05) is 34.9 Å². The molecule has 0 fully saturated rings. The number of carbonyl (C=O) groups is 1. The summed E-state index contributed by atoms with van der Waals surface area (Å²) in [5.41, 5.74) is 6.17. The Morgan fingerprint density at radius 2 is 2.14 bits per heavy atom. The van der Waals surface area contributed by atoms with Gasteiger partial charge in [0.25, 0.3) is 0 Å². The average molecular weight is 303 g/mol. The molecule has 0 unspecified atom stereocenters. The smallest absolute Gasteiger partial charge is 0.227 e. The Kier molecular flexibility index (Phi) is 5.39. The summed E-state index contributed by atoms with van der Waals surface area (Å²) in [7, 11) is 0. The van der Waals surface area contributed by atoms with Crippen LogP contribution in [0.5, 0.6) is 0 Å². The molecule has 0 aliphatic rings. The topological polar surface area (TPSA) is 85.8 Å². The molecule has 0 saturated carbocycles. The monoisotopic (exact) mass is 303 g/mol. The SMILES string of the molecule is C=CCn1c(CNc2ccccc2)nnc1SCC(N)=O. The number of nitrogens with two attached hydrogens (primary N) is 1. The van der Waals surface area contributed by atoms with E-state index >= 15 is 0 Å². The van der Waals surface area contributed by atoms with Crippen LogP contribution in [-0.2, 0) is 17.9 Å². The molecule has 0 radical (unpaired) electrons. The number of allylic oxidation sites excluding steroid dienone is 1. The van der Waals surface area contributed by atoms with Gasteiger partial charge in [-0.2, -0.15) is 0 Å². The summed E-state index contributed by atoms with van der Waals surface area (Å²) in [4.78, 5) is 10.9. The molecule has 21 heavy (non-hydrogen) atoms. The summed E-state index contributed by atoms with van der Waals surface area (Å²) < 4.78 is 1.91. The number of aromatic nitrogens is 3. The van der Waals surface area contributed by atoms with E-state index in [9.17, 15) is 4.79 Å². The van der Waals surface area contributed by atoms with E-state index in [4.69, 9.17) is 5.73 Å². The second-order valence-electron chi connectivity index (χ2n) is 4.27. The predicted octanol–water partition coefficient (Wildman–Crippen LogP) is 1.65. The van der Waals surface area contributed by atoms with Crippen LogP contribution in [0.3, 0.4) is 0 Å². The first-order valence-electron chi connectivity index (χ1n) is 6.43. The van der Waals surface area contributed by atoms with E-state index in [1.54, 1.807) is 6.08 Å². The van der Waals surface area contributed by atoms with Crippen molar-refractivity contribution in [2.24, 2.45) is 5.73 Å². The second kappa shape index (κ2) is 7.49. The molecule has 2 rings (SSSR count). The van der Waals surface area contributed by atoms with Gasteiger partial charge in [0.15, 0.2) is 11.0 Å². The minimum absolute atomic E-state index is 0.182. The fourth-order valence-electron chi connectivity index (χ4n) is 1.74. The molecule has 0 saturated heterocycles. The third-order valence-electron chi connectivity index (χ3n) is 2.67. The van der Waals surface area contributed by atoms with E-state index < -0.39 is 0 Å². The van der Waals surface area contributed by atoms with E-state index in [-0.39, 0.29) is 11.7 Å². The lowest BCUT2D eigenvalue weighted by Gasteiger charge is -2.09. The molecule has 6 nitrogen and oxygen atoms in total. The molecular formula is C14H17N5OS. The maximum Gasteiger partial charge on any atom is 0.227 e. The van der Waals surface area contributed by atoms with Gasteiger partial charge >= 0.3 is 0 Å². The summed E-state index contributed by atoms with van der Waals surface area (Å²) >= 11 is 1.28. The third kappa shape index (κ3) is 4.35. The molecule has 1 aromatic heterocycles. The first kappa shape index (κ1) is 15.1. The fraction of sp³-hybridized carbons (Fsp3) is 0.214. The molecule has 0 atom stereocenters. The Bertz CT molecular complexity index is 611. The fourth-order valence-corrected chi connectivity index (χ4v) is 2.45. The Morgan fingerprint density at radius 1 is 1.38 bits per heavy atom. The van der Waals surface area contributed by atoms with E-state index in [0.717, 1.165) is 11.5 Å². The Hall–Kier alpha value is -2.28. The normalized spacial score (nSPS) is 10.3. The lowest BCUT2D eigenvalue weighted by atomic mass is 10.3. The van der Waals surface area contributed by atoms with Crippen LogP contribution in [0.25, 0.3) is 0 Å². The molecule has 1 heterocycles. The number of amides is 1. The van der Waals surface area contributed by atoms with Gasteiger partial charge in [-0.3, -0.25) is 4.79 Å². The number of nitrogens with one attached hydrogen (secondary N) is 1. The number of nitrogens with zero attached hydrogens (tertiary/aromatic N) is 3. The van der Waals surface area contributed by atoms with Crippen molar-refractivity contribution in [3.63, 3.8) is 0 Å². The van der Waals surface area contributed by atoms with Crippen molar-refractivity contribution >= 4 is 23.4 Å². The highest BCUT2D eigenvalue weighted by Crippen LogP contribution is 2.17. The number of hydrogen-bond donors (Lipinski definition) is 2. The van der Waals surface area contributed by atoms with Crippen LogP contribution >= 0.6 is 11.8 Å². The molecule has 110 valence electrons. The van der Waals surface area contributed by atoms with Crippen molar-refractivity contribution in [2.45, 2.75) is 18.2 Å². The summed E-state index contributed by atoms with van der Waals surface area (Å²) in [6, 6.07) is 9.85. The highest BCUT2D eigenvalue weighted by Gasteiger charge is 2.12. The average Bonchev–Trinajstić information content (AvgIpc) is 2.87. The number of carbonyl (C=O) groups excluding carboxylic acids is 1. The van der Waals surface area contributed by atoms with Gasteiger partial charge in [-0.1, -0.05) is 36.0 Å². The molecule has 0 bridgehead atoms. The van der Waals surface area contributed by atoms with Gasteiger partial charge in [-0.25, -0.2) is 0 Å². The number of hydrogen-bond acceptors (Lipinski definition) is 5. The van der Waals surface area contributed by atoms with E-state index in [0.29, 0.717) is 18.2 Å². The minimum Gasteiger partial charge on any atom is -0.378 e. The van der Waals surface area contributed by atoms with Gasteiger partial charge in [0.05, 0.1) is 12.3 Å². The number of rotatable bonds is 8. The zero-order chi connectivity index (χ0) is 15.1. The Balaban J connectivity index is 2.07. The number of anilines is 1. The summed E-state index contributed by atoms with van der Waals surface area (Å²) in [6.07, 6.45) is 1.77. The van der Waals surface area contributed by atoms with E-state index in [2.05, 4.69) is 22.1 Å². The summed E-state index contributed by atoms with van der Waals surface area (Å²) in [5.74, 6) is 0.587. The van der Waals surface area contributed by atoms with Crippen molar-refractivity contribution in [3.8, 4) is 0 Å². The minimum atomic E-state index is -0.378. The first-order chi connectivity index (χ1) is 10.2. The molecule has 0 aliphatic heterocycles. The van der Waals surface area contributed by atoms with Crippen LogP contribution in [0.4, 0.5) is 5.69 Å². The summed E-state index contributed by atoms with van der Waals surface area (Å²) in [6.45, 7) is 4.86. The molecule has 1 aromatic carbocycles. The number of thioether (sulfide) groups is 1. The van der Waals surface area contributed by atoms with Gasteiger partial charge in [0.2, 0.25) is 5.91 Å². The van der Waals surface area contributed by atoms with Crippen LogP contribution in [0.15, 0.2) is 48.1 Å². The van der Waals surface area contributed by atoms with Gasteiger partial charge in [-0.15, -0.1) is 16.8 Å². The largest absolute Gasteiger partial charge is 0.378 e. The van der Waals surface area contributed by atoms with Crippen molar-refractivity contribution in [1.29, 1.82) is 0 Å². The molecule has 0 aliphatic carbocycles. The second-order valence-corrected chi connectivity index (χ2v) is 5.22. The van der Waals surface area contributed by atoms with E-state index in [1.165, 1.54) is 11.8 Å². The number of primary amides is 1. The van der Waals surface area contributed by atoms with Crippen LogP contribution in [0, 0.1) is 0 Å². The van der Waals surface area contributed by atoms with Crippen molar-refractivity contribution in [3.05, 3.63) is 48.8 Å². The zero-order valence-corrected chi connectivity index (χ0v) is 12.3. The van der Waals surface area contributed by atoms with Gasteiger partial charge in [0, 0.05) is 12.2 Å². The van der Waals surface area contributed by atoms with Crippen LogP contribution < -0.4 is 11.1 Å². The molecular weight excluding hydrogens is 286 g/mol. The third-order valence-corrected chi connectivity index (χ3v) is 3.66. The summed E-state index contributed by atoms with van der Waals surface area (Å²) in [5, 5.41) is 12.2. The van der Waals surface area contributed by atoms with Crippen molar-refractivity contribution in [2.75, 3.05) is 11.1 Å². The van der Waals surface area contributed by atoms with Gasteiger partial charge < -0.3 is 15.6 Å². The lowest BCUT2D eigenvalue weighted by molar-refractivity contribution is -0.115. The maximum atomic E-state index is 10.9. The van der Waals surface area contributed by atoms with Crippen LogP contribution in [0.2, 0.25) is 0 Å². The maximum absolute atomic E-state index is 10.9.